The molecule has 1 fully saturated rings. The van der Waals surface area contributed by atoms with Crippen molar-refractivity contribution >= 4 is 34.5 Å². The molecule has 178 valence electrons. The van der Waals surface area contributed by atoms with Gasteiger partial charge in [-0.25, -0.2) is 0 Å². The zero-order valence-corrected chi connectivity index (χ0v) is 20.6. The number of thiophene rings is 1. The van der Waals surface area contributed by atoms with Crippen LogP contribution in [0.15, 0.2) is 66.0 Å². The van der Waals surface area contributed by atoms with E-state index in [-0.39, 0.29) is 11.8 Å². The number of amides is 2. The molecule has 6 nitrogen and oxygen atoms in total. The fraction of sp³-hybridized carbons (Fsp3) is 0.333. The number of benzene rings is 2. The molecular weight excluding hydrogens is 444 g/mol. The summed E-state index contributed by atoms with van der Waals surface area (Å²) in [6.45, 7) is 9.45. The molecule has 4 rings (SSSR count). The fourth-order valence-corrected chi connectivity index (χ4v) is 4.85. The van der Waals surface area contributed by atoms with Gasteiger partial charge in [-0.1, -0.05) is 43.3 Å². The molecule has 2 aromatic carbocycles. The number of hydrogen-bond donors (Lipinski definition) is 2. The predicted octanol–water partition coefficient (Wildman–Crippen LogP) is 4.18. The van der Waals surface area contributed by atoms with Crippen LogP contribution < -0.4 is 15.5 Å². The molecule has 1 unspecified atom stereocenters. The van der Waals surface area contributed by atoms with Crippen molar-refractivity contribution in [1.82, 2.24) is 10.2 Å². The maximum Gasteiger partial charge on any atom is 0.262 e. The van der Waals surface area contributed by atoms with Gasteiger partial charge in [0.15, 0.2) is 0 Å². The van der Waals surface area contributed by atoms with Crippen molar-refractivity contribution in [1.29, 1.82) is 0 Å². The summed E-state index contributed by atoms with van der Waals surface area (Å²) in [5.74, 6) is -0.453. The van der Waals surface area contributed by atoms with Gasteiger partial charge >= 0.3 is 0 Å². The van der Waals surface area contributed by atoms with Crippen molar-refractivity contribution in [2.24, 2.45) is 0 Å². The van der Waals surface area contributed by atoms with Crippen LogP contribution in [0.2, 0.25) is 0 Å². The first-order chi connectivity index (χ1) is 16.5. The Labute approximate surface area is 205 Å². The summed E-state index contributed by atoms with van der Waals surface area (Å²) >= 11 is 1.36. The number of nitrogens with zero attached hydrogens (tertiary/aromatic N) is 2. The molecule has 0 bridgehead atoms. The number of nitrogens with one attached hydrogen (secondary N) is 2. The third-order valence-electron chi connectivity index (χ3n) is 6.30. The molecule has 1 atom stereocenters. The third kappa shape index (κ3) is 6.04. The highest BCUT2D eigenvalue weighted by Gasteiger charge is 2.23. The number of anilines is 2. The van der Waals surface area contributed by atoms with Gasteiger partial charge in [-0.2, -0.15) is 0 Å². The van der Waals surface area contributed by atoms with Crippen LogP contribution >= 0.6 is 11.3 Å². The van der Waals surface area contributed by atoms with E-state index in [9.17, 15) is 9.59 Å². The lowest BCUT2D eigenvalue weighted by Crippen LogP contribution is -2.46. The predicted molar refractivity (Wildman–Crippen MR) is 140 cm³/mol. The normalized spacial score (nSPS) is 15.1. The molecule has 0 aliphatic carbocycles. The first-order valence-electron chi connectivity index (χ1n) is 11.8. The topological polar surface area (TPSA) is 64.7 Å². The van der Waals surface area contributed by atoms with Gasteiger partial charge < -0.3 is 20.4 Å². The number of rotatable bonds is 8. The Kier molecular flexibility index (Phi) is 7.98. The Bertz CT molecular complexity index is 1090. The second-order valence-electron chi connectivity index (χ2n) is 8.60. The second-order valence-corrected chi connectivity index (χ2v) is 9.55. The quantitative estimate of drug-likeness (QED) is 0.512. The molecule has 0 spiro atoms. The Hall–Kier alpha value is -3.16. The molecule has 1 aliphatic heterocycles. The molecule has 0 radical (unpaired) electrons. The highest BCUT2D eigenvalue weighted by Crippen LogP contribution is 2.24. The summed E-state index contributed by atoms with van der Waals surface area (Å²) < 4.78 is 0. The number of hydrogen-bond acceptors (Lipinski definition) is 5. The van der Waals surface area contributed by atoms with Crippen LogP contribution in [-0.2, 0) is 11.2 Å². The molecule has 2 amide bonds. The summed E-state index contributed by atoms with van der Waals surface area (Å²) in [6.07, 6.45) is 0.419. The minimum atomic E-state index is -0.682. The zero-order valence-electron chi connectivity index (χ0n) is 19.8. The van der Waals surface area contributed by atoms with Crippen LogP contribution in [0.25, 0.3) is 0 Å². The Balaban J connectivity index is 1.46. The zero-order chi connectivity index (χ0) is 23.9. The van der Waals surface area contributed by atoms with Gasteiger partial charge in [-0.3, -0.25) is 9.59 Å². The third-order valence-corrected chi connectivity index (χ3v) is 7.17. The highest BCUT2D eigenvalue weighted by atomic mass is 32.1. The van der Waals surface area contributed by atoms with Gasteiger partial charge in [0.2, 0.25) is 5.91 Å². The SMILES string of the molecule is CCN1CCN(c2ccc(NC(=O)C(Cc3ccccc3)NC(=O)c3cccs3)c(C)c2)CC1. The number of likely N-dealkylation sites (N-methyl/N-ethyl adjacent to an activating group) is 1. The van der Waals surface area contributed by atoms with Gasteiger partial charge in [0.25, 0.3) is 5.91 Å². The van der Waals surface area contributed by atoms with E-state index >= 15 is 0 Å². The van der Waals surface area contributed by atoms with Crippen molar-refractivity contribution in [3.05, 3.63) is 82.0 Å². The van der Waals surface area contributed by atoms with Gasteiger partial charge in [0.05, 0.1) is 4.88 Å². The summed E-state index contributed by atoms with van der Waals surface area (Å²) in [7, 11) is 0. The van der Waals surface area contributed by atoms with E-state index in [2.05, 4.69) is 39.5 Å². The summed E-state index contributed by atoms with van der Waals surface area (Å²) in [5.41, 5.74) is 3.95. The van der Waals surface area contributed by atoms with Gasteiger partial charge in [-0.05, 0) is 54.2 Å². The summed E-state index contributed by atoms with van der Waals surface area (Å²) in [5, 5.41) is 7.83. The average molecular weight is 477 g/mol. The largest absolute Gasteiger partial charge is 0.369 e. The molecule has 2 N–H and O–H groups in total. The highest BCUT2D eigenvalue weighted by molar-refractivity contribution is 7.12. The Morgan fingerprint density at radius 2 is 1.76 bits per heavy atom. The molecule has 1 aromatic heterocycles. The molecule has 0 saturated carbocycles. The van der Waals surface area contributed by atoms with Crippen LogP contribution in [0, 0.1) is 6.92 Å². The molecular formula is C27H32N4O2S. The fourth-order valence-electron chi connectivity index (χ4n) is 4.22. The molecule has 34 heavy (non-hydrogen) atoms. The van der Waals surface area contributed by atoms with E-state index in [0.29, 0.717) is 11.3 Å². The first kappa shape index (κ1) is 24.0. The average Bonchev–Trinajstić information content (AvgIpc) is 3.41. The van der Waals surface area contributed by atoms with Crippen molar-refractivity contribution in [3.63, 3.8) is 0 Å². The monoisotopic (exact) mass is 476 g/mol. The lowest BCUT2D eigenvalue weighted by atomic mass is 10.0. The van der Waals surface area contributed by atoms with Crippen molar-refractivity contribution in [2.75, 3.05) is 42.9 Å². The lowest BCUT2D eigenvalue weighted by molar-refractivity contribution is -0.118. The molecule has 2 heterocycles. The second kappa shape index (κ2) is 11.3. The number of aryl methyl sites for hydroxylation is 1. The maximum atomic E-state index is 13.3. The Morgan fingerprint density at radius 3 is 2.41 bits per heavy atom. The van der Waals surface area contributed by atoms with Gasteiger partial charge in [0.1, 0.15) is 6.04 Å². The number of carbonyl (C=O) groups is 2. The standard InChI is InChI=1S/C27H32N4O2S/c1-3-30-13-15-31(16-14-30)22-11-12-23(20(2)18-22)28-26(32)24(19-21-8-5-4-6-9-21)29-27(33)25-10-7-17-34-25/h4-12,17-18,24H,3,13-16,19H2,1-2H3,(H,28,32)(H,29,33). The minimum absolute atomic E-state index is 0.221. The summed E-state index contributed by atoms with van der Waals surface area (Å²) in [4.78, 5) is 31.4. The van der Waals surface area contributed by atoms with Crippen LogP contribution in [-0.4, -0.2) is 55.5 Å². The molecule has 3 aromatic rings. The van der Waals surface area contributed by atoms with E-state index in [4.69, 9.17) is 0 Å². The van der Waals surface area contributed by atoms with Crippen LogP contribution in [0.4, 0.5) is 11.4 Å². The van der Waals surface area contributed by atoms with E-state index in [0.717, 1.165) is 49.5 Å². The lowest BCUT2D eigenvalue weighted by Gasteiger charge is -2.35. The maximum absolute atomic E-state index is 13.3. The Morgan fingerprint density at radius 1 is 1.00 bits per heavy atom. The van der Waals surface area contributed by atoms with Crippen molar-refractivity contribution < 1.29 is 9.59 Å². The molecule has 7 heteroatoms. The first-order valence-corrected chi connectivity index (χ1v) is 12.7. The summed E-state index contributed by atoms with van der Waals surface area (Å²) in [6, 6.07) is 18.8. The van der Waals surface area contributed by atoms with E-state index in [1.54, 1.807) is 6.07 Å². The van der Waals surface area contributed by atoms with Crippen molar-refractivity contribution in [2.45, 2.75) is 26.3 Å². The van der Waals surface area contributed by atoms with E-state index in [1.807, 2.05) is 54.8 Å². The number of carbonyl (C=O) groups excluding carboxylic acids is 2. The van der Waals surface area contributed by atoms with Gasteiger partial charge in [0, 0.05) is 44.0 Å². The van der Waals surface area contributed by atoms with Crippen LogP contribution in [0.3, 0.4) is 0 Å². The van der Waals surface area contributed by atoms with E-state index in [1.165, 1.54) is 17.0 Å². The van der Waals surface area contributed by atoms with E-state index < -0.39 is 6.04 Å². The minimum Gasteiger partial charge on any atom is -0.369 e. The van der Waals surface area contributed by atoms with Crippen LogP contribution in [0.1, 0.15) is 27.7 Å². The van der Waals surface area contributed by atoms with Crippen LogP contribution in [0.5, 0.6) is 0 Å². The van der Waals surface area contributed by atoms with Gasteiger partial charge in [-0.15, -0.1) is 11.3 Å². The number of piperazine rings is 1. The molecule has 1 aliphatic rings. The molecule has 1 saturated heterocycles. The smallest absolute Gasteiger partial charge is 0.262 e. The van der Waals surface area contributed by atoms with Crippen molar-refractivity contribution in [3.8, 4) is 0 Å².